The predicted molar refractivity (Wildman–Crippen MR) is 161 cm³/mol. The van der Waals surface area contributed by atoms with Crippen LogP contribution in [0.5, 0.6) is 23.0 Å². The number of hydrogen-bond acceptors (Lipinski definition) is 6. The number of nitrogens with zero attached hydrogens (tertiary/aromatic N) is 3. The number of rotatable bonds is 11. The second-order valence-electron chi connectivity index (χ2n) is 10.3. The van der Waals surface area contributed by atoms with Crippen LogP contribution in [0.25, 0.3) is 22.6 Å². The molecule has 5 rings (SSSR count). The van der Waals surface area contributed by atoms with Crippen LogP contribution in [0, 0.1) is 0 Å². The van der Waals surface area contributed by atoms with E-state index < -0.39 is 0 Å². The topological polar surface area (TPSA) is 102 Å². The molecule has 0 unspecified atom stereocenters. The molecule has 7 heteroatoms. The van der Waals surface area contributed by atoms with Crippen LogP contribution in [-0.2, 0) is 26.2 Å². The molecule has 0 aliphatic heterocycles. The number of unbranched alkanes of at least 4 members (excludes halogenated alkanes) is 1. The van der Waals surface area contributed by atoms with E-state index in [1.54, 1.807) is 24.3 Å². The van der Waals surface area contributed by atoms with E-state index in [0.717, 1.165) is 58.9 Å². The van der Waals surface area contributed by atoms with Crippen LogP contribution < -0.4 is 0 Å². The SMILES string of the molecule is CCCCn1c(-c2ccccc2)nc(-c2ccccc2)c1CN(Cc1ccc(O)c(O)c1)Cc1ccc(O)c(O)c1. The summed E-state index contributed by atoms with van der Waals surface area (Å²) in [6.07, 6.45) is 2.03. The van der Waals surface area contributed by atoms with Crippen molar-refractivity contribution in [1.82, 2.24) is 14.5 Å². The zero-order valence-corrected chi connectivity index (χ0v) is 23.1. The number of benzene rings is 4. The summed E-state index contributed by atoms with van der Waals surface area (Å²) >= 11 is 0. The Morgan fingerprint density at radius 2 is 1.17 bits per heavy atom. The highest BCUT2D eigenvalue weighted by molar-refractivity contribution is 5.68. The lowest BCUT2D eigenvalue weighted by Gasteiger charge is -2.25. The maximum Gasteiger partial charge on any atom is 0.157 e. The van der Waals surface area contributed by atoms with Gasteiger partial charge in [0.15, 0.2) is 23.0 Å². The zero-order chi connectivity index (χ0) is 28.8. The van der Waals surface area contributed by atoms with Gasteiger partial charge in [0.05, 0.1) is 11.4 Å². The monoisotopic (exact) mass is 549 g/mol. The third kappa shape index (κ3) is 6.53. The fourth-order valence-corrected chi connectivity index (χ4v) is 5.07. The molecule has 41 heavy (non-hydrogen) atoms. The van der Waals surface area contributed by atoms with Crippen molar-refractivity contribution >= 4 is 0 Å². The van der Waals surface area contributed by atoms with E-state index in [1.165, 1.54) is 12.1 Å². The summed E-state index contributed by atoms with van der Waals surface area (Å²) in [5, 5.41) is 40.1. The zero-order valence-electron chi connectivity index (χ0n) is 23.1. The minimum atomic E-state index is -0.172. The number of aromatic hydroxyl groups is 4. The molecule has 0 fully saturated rings. The second kappa shape index (κ2) is 12.6. The first-order chi connectivity index (χ1) is 19.9. The minimum absolute atomic E-state index is 0.166. The first-order valence-corrected chi connectivity index (χ1v) is 13.9. The molecule has 1 aromatic heterocycles. The normalized spacial score (nSPS) is 11.3. The molecule has 7 nitrogen and oxygen atoms in total. The molecule has 0 atom stereocenters. The summed E-state index contributed by atoms with van der Waals surface area (Å²) in [6, 6.07) is 30.1. The van der Waals surface area contributed by atoms with Crippen molar-refractivity contribution in [3.63, 3.8) is 0 Å². The van der Waals surface area contributed by atoms with Gasteiger partial charge in [0, 0.05) is 37.3 Å². The van der Waals surface area contributed by atoms with Crippen LogP contribution >= 0.6 is 0 Å². The quantitative estimate of drug-likeness (QED) is 0.132. The average Bonchev–Trinajstić information content (AvgIpc) is 3.34. The van der Waals surface area contributed by atoms with E-state index in [0.29, 0.717) is 19.6 Å². The molecule has 1 heterocycles. The average molecular weight is 550 g/mol. The van der Waals surface area contributed by atoms with Gasteiger partial charge in [-0.05, 0) is 41.8 Å². The van der Waals surface area contributed by atoms with Crippen LogP contribution in [0.4, 0.5) is 0 Å². The molecular weight excluding hydrogens is 514 g/mol. The summed E-state index contributed by atoms with van der Waals surface area (Å²) in [5.41, 5.74) is 5.70. The molecule has 0 spiro atoms. The van der Waals surface area contributed by atoms with Crippen LogP contribution in [0.15, 0.2) is 97.1 Å². The largest absolute Gasteiger partial charge is 0.504 e. The minimum Gasteiger partial charge on any atom is -0.504 e. The van der Waals surface area contributed by atoms with Crippen molar-refractivity contribution in [1.29, 1.82) is 0 Å². The standard InChI is InChI=1S/C34H35N3O4/c1-2-3-18-37-28(33(26-10-6-4-7-11-26)35-34(37)27-12-8-5-9-13-27)23-36(21-24-14-16-29(38)31(40)19-24)22-25-15-17-30(39)32(41)20-25/h4-17,19-20,38-41H,2-3,18,21-23H2,1H3. The van der Waals surface area contributed by atoms with Gasteiger partial charge < -0.3 is 25.0 Å². The Kier molecular flexibility index (Phi) is 8.56. The number of aromatic nitrogens is 2. The Balaban J connectivity index is 1.62. The van der Waals surface area contributed by atoms with Gasteiger partial charge in [-0.1, -0.05) is 86.1 Å². The van der Waals surface area contributed by atoms with Crippen LogP contribution in [0.1, 0.15) is 36.6 Å². The summed E-state index contributed by atoms with van der Waals surface area (Å²) in [5.74, 6) is 0.237. The Labute approximate surface area is 240 Å². The van der Waals surface area contributed by atoms with Crippen LogP contribution in [0.2, 0.25) is 0 Å². The number of phenolic OH excluding ortho intramolecular Hbond substituents is 4. The lowest BCUT2D eigenvalue weighted by molar-refractivity contribution is 0.240. The van der Waals surface area contributed by atoms with Crippen molar-refractivity contribution in [2.45, 2.75) is 45.9 Å². The smallest absolute Gasteiger partial charge is 0.157 e. The number of hydrogen-bond donors (Lipinski definition) is 4. The van der Waals surface area contributed by atoms with Crippen molar-refractivity contribution < 1.29 is 20.4 Å². The molecule has 0 aliphatic rings. The lowest BCUT2D eigenvalue weighted by Crippen LogP contribution is -2.24. The molecule has 0 aliphatic carbocycles. The van der Waals surface area contributed by atoms with E-state index >= 15 is 0 Å². The van der Waals surface area contributed by atoms with E-state index in [1.807, 2.05) is 36.4 Å². The van der Waals surface area contributed by atoms with Gasteiger partial charge in [0.25, 0.3) is 0 Å². The third-order valence-electron chi connectivity index (χ3n) is 7.15. The molecule has 4 N–H and O–H groups in total. The molecule has 0 radical (unpaired) electrons. The Morgan fingerprint density at radius 1 is 0.634 bits per heavy atom. The summed E-state index contributed by atoms with van der Waals surface area (Å²) in [7, 11) is 0. The number of imidazole rings is 1. The van der Waals surface area contributed by atoms with Gasteiger partial charge in [0.1, 0.15) is 5.82 Å². The second-order valence-corrected chi connectivity index (χ2v) is 10.3. The van der Waals surface area contributed by atoms with Gasteiger partial charge in [-0.2, -0.15) is 0 Å². The summed E-state index contributed by atoms with van der Waals surface area (Å²) in [6.45, 7) is 4.44. The van der Waals surface area contributed by atoms with E-state index in [2.05, 4.69) is 40.7 Å². The maximum absolute atomic E-state index is 10.2. The number of phenols is 4. The van der Waals surface area contributed by atoms with Crippen LogP contribution in [0.3, 0.4) is 0 Å². The fourth-order valence-electron chi connectivity index (χ4n) is 5.07. The van der Waals surface area contributed by atoms with Gasteiger partial charge in [-0.15, -0.1) is 0 Å². The molecule has 0 bridgehead atoms. The molecule has 0 saturated heterocycles. The fraction of sp³-hybridized carbons (Fsp3) is 0.206. The third-order valence-corrected chi connectivity index (χ3v) is 7.15. The Bertz CT molecular complexity index is 1550. The molecule has 0 saturated carbocycles. The van der Waals surface area contributed by atoms with Crippen molar-refractivity contribution in [3.8, 4) is 45.6 Å². The molecule has 210 valence electrons. The highest BCUT2D eigenvalue weighted by Crippen LogP contribution is 2.33. The van der Waals surface area contributed by atoms with E-state index in [4.69, 9.17) is 4.98 Å². The first-order valence-electron chi connectivity index (χ1n) is 13.9. The highest BCUT2D eigenvalue weighted by atomic mass is 16.3. The van der Waals surface area contributed by atoms with Crippen molar-refractivity contribution in [2.75, 3.05) is 0 Å². The molecular formula is C34H35N3O4. The Morgan fingerprint density at radius 3 is 1.68 bits per heavy atom. The molecule has 0 amide bonds. The maximum atomic E-state index is 10.2. The highest BCUT2D eigenvalue weighted by Gasteiger charge is 2.22. The summed E-state index contributed by atoms with van der Waals surface area (Å²) < 4.78 is 2.32. The lowest BCUT2D eigenvalue weighted by atomic mass is 10.1. The molecule has 4 aromatic carbocycles. The van der Waals surface area contributed by atoms with Gasteiger partial charge in [-0.25, -0.2) is 4.98 Å². The van der Waals surface area contributed by atoms with Crippen LogP contribution in [-0.4, -0.2) is 34.9 Å². The van der Waals surface area contributed by atoms with Gasteiger partial charge in [-0.3, -0.25) is 4.90 Å². The summed E-state index contributed by atoms with van der Waals surface area (Å²) in [4.78, 5) is 7.42. The van der Waals surface area contributed by atoms with Crippen molar-refractivity contribution in [2.24, 2.45) is 0 Å². The van der Waals surface area contributed by atoms with E-state index in [-0.39, 0.29) is 23.0 Å². The molecule has 5 aromatic rings. The predicted octanol–water partition coefficient (Wildman–Crippen LogP) is 7.04. The first kappa shape index (κ1) is 27.8. The Hall–Kier alpha value is -4.75. The van der Waals surface area contributed by atoms with Gasteiger partial charge >= 0.3 is 0 Å². The van der Waals surface area contributed by atoms with E-state index in [9.17, 15) is 20.4 Å². The van der Waals surface area contributed by atoms with Crippen molar-refractivity contribution in [3.05, 3.63) is 114 Å². The van der Waals surface area contributed by atoms with Gasteiger partial charge in [0.2, 0.25) is 0 Å².